The lowest BCUT2D eigenvalue weighted by molar-refractivity contribution is -0.0614. The van der Waals surface area contributed by atoms with E-state index in [2.05, 4.69) is 6.58 Å². The van der Waals surface area contributed by atoms with Crippen LogP contribution in [0.1, 0.15) is 51.8 Å². The molecule has 2 aliphatic rings. The molecule has 8 heteroatoms. The van der Waals surface area contributed by atoms with Gasteiger partial charge in [-0.2, -0.15) is 0 Å². The second-order valence-electron chi connectivity index (χ2n) is 7.51. The SMILES string of the molecule is C=C=O.O=C1c2ccccc2C(=O)N1CCCCC1COC(c2ccc(OCCO)cc2)O1. The molecular weight excluding hydrogens is 426 g/mol. The average Bonchev–Trinajstić information content (AvgIpc) is 3.40. The molecule has 2 atom stereocenters. The number of rotatable bonds is 9. The van der Waals surface area contributed by atoms with Crippen molar-refractivity contribution in [2.24, 2.45) is 0 Å². The van der Waals surface area contributed by atoms with Crippen molar-refractivity contribution in [1.82, 2.24) is 4.90 Å². The molecule has 2 aromatic carbocycles. The number of amides is 2. The lowest BCUT2D eigenvalue weighted by Crippen LogP contribution is -2.30. The highest BCUT2D eigenvalue weighted by atomic mass is 16.7. The fourth-order valence-electron chi connectivity index (χ4n) is 3.74. The highest BCUT2D eigenvalue weighted by Gasteiger charge is 2.34. The van der Waals surface area contributed by atoms with Crippen LogP contribution in [0.2, 0.25) is 0 Å². The van der Waals surface area contributed by atoms with E-state index in [0.717, 1.165) is 24.8 Å². The first-order valence-corrected chi connectivity index (χ1v) is 10.8. The zero-order valence-electron chi connectivity index (χ0n) is 18.3. The second kappa shape index (κ2) is 12.1. The molecule has 2 aromatic rings. The average molecular weight is 453 g/mol. The van der Waals surface area contributed by atoms with Gasteiger partial charge in [-0.1, -0.05) is 24.3 Å². The van der Waals surface area contributed by atoms with Crippen molar-refractivity contribution in [3.05, 3.63) is 71.8 Å². The van der Waals surface area contributed by atoms with Crippen molar-refractivity contribution in [3.63, 3.8) is 0 Å². The van der Waals surface area contributed by atoms with E-state index in [1.165, 1.54) is 10.8 Å². The third-order valence-corrected chi connectivity index (χ3v) is 5.30. The fraction of sp³-hybridized carbons (Fsp3) is 0.360. The Hall–Kier alpha value is -3.29. The van der Waals surface area contributed by atoms with Crippen molar-refractivity contribution in [3.8, 4) is 5.75 Å². The van der Waals surface area contributed by atoms with Gasteiger partial charge < -0.3 is 19.3 Å². The number of benzene rings is 2. The molecule has 8 nitrogen and oxygen atoms in total. The maximum atomic E-state index is 12.4. The van der Waals surface area contributed by atoms with Gasteiger partial charge in [-0.15, -0.1) is 0 Å². The summed E-state index contributed by atoms with van der Waals surface area (Å²) in [5, 5.41) is 8.80. The van der Waals surface area contributed by atoms with E-state index in [0.29, 0.717) is 30.0 Å². The quantitative estimate of drug-likeness (QED) is 0.354. The molecule has 4 rings (SSSR count). The number of hydrogen-bond acceptors (Lipinski definition) is 7. The van der Waals surface area contributed by atoms with Crippen LogP contribution in [0, 0.1) is 0 Å². The highest BCUT2D eigenvalue weighted by molar-refractivity contribution is 6.21. The Kier molecular flexibility index (Phi) is 8.92. The number of nitrogens with zero attached hydrogens (tertiary/aromatic N) is 1. The largest absolute Gasteiger partial charge is 0.491 e. The molecule has 2 aliphatic heterocycles. The van der Waals surface area contributed by atoms with E-state index in [1.807, 2.05) is 24.3 Å². The number of carbonyl (C=O) groups excluding carboxylic acids is 3. The van der Waals surface area contributed by atoms with E-state index < -0.39 is 6.29 Å². The first-order chi connectivity index (χ1) is 16.1. The van der Waals surface area contributed by atoms with Gasteiger partial charge in [-0.3, -0.25) is 14.5 Å². The Morgan fingerprint density at radius 2 is 1.70 bits per heavy atom. The van der Waals surface area contributed by atoms with E-state index in [4.69, 9.17) is 24.1 Å². The molecule has 2 heterocycles. The van der Waals surface area contributed by atoms with Gasteiger partial charge in [0.2, 0.25) is 0 Å². The summed E-state index contributed by atoms with van der Waals surface area (Å²) < 4.78 is 17.1. The van der Waals surface area contributed by atoms with Gasteiger partial charge in [0.15, 0.2) is 6.29 Å². The number of hydrogen-bond donors (Lipinski definition) is 1. The summed E-state index contributed by atoms with van der Waals surface area (Å²) in [5.41, 5.74) is 1.90. The van der Waals surface area contributed by atoms with E-state index in [-0.39, 0.29) is 31.1 Å². The minimum Gasteiger partial charge on any atom is -0.491 e. The number of fused-ring (bicyclic) bond motifs is 1. The molecule has 1 saturated heterocycles. The number of carbonyl (C=O) groups is 2. The summed E-state index contributed by atoms with van der Waals surface area (Å²) in [4.78, 5) is 34.7. The standard InChI is InChI=1S/C23H25NO6.C2H2O/c25-13-14-28-17-10-8-16(9-11-17)23-29-15-18(30-23)5-3-4-12-24-21(26)19-6-1-2-7-20(19)22(24)27;1-2-3/h1-2,6-11,18,23,25H,3-5,12-15H2;1H2. The molecule has 1 N–H and O–H groups in total. The summed E-state index contributed by atoms with van der Waals surface area (Å²) in [6, 6.07) is 14.4. The van der Waals surface area contributed by atoms with Crippen LogP contribution >= 0.6 is 0 Å². The van der Waals surface area contributed by atoms with Crippen molar-refractivity contribution >= 4 is 17.8 Å². The van der Waals surface area contributed by atoms with E-state index in [9.17, 15) is 9.59 Å². The second-order valence-corrected chi connectivity index (χ2v) is 7.51. The molecule has 0 spiro atoms. The molecule has 0 bridgehead atoms. The van der Waals surface area contributed by atoms with Crippen LogP contribution in [0.4, 0.5) is 0 Å². The number of ether oxygens (including phenoxy) is 3. The zero-order valence-corrected chi connectivity index (χ0v) is 18.3. The molecule has 1 fully saturated rings. The number of aliphatic hydroxyl groups excluding tert-OH is 1. The summed E-state index contributed by atoms with van der Waals surface area (Å²) in [7, 11) is 0. The Bertz CT molecular complexity index is 948. The van der Waals surface area contributed by atoms with Crippen LogP contribution in [-0.2, 0) is 14.3 Å². The normalized spacial score (nSPS) is 19.0. The monoisotopic (exact) mass is 453 g/mol. The Morgan fingerprint density at radius 3 is 2.30 bits per heavy atom. The molecule has 2 amide bonds. The first-order valence-electron chi connectivity index (χ1n) is 10.8. The molecule has 2 unspecified atom stereocenters. The molecule has 33 heavy (non-hydrogen) atoms. The van der Waals surface area contributed by atoms with Crippen LogP contribution < -0.4 is 4.74 Å². The van der Waals surface area contributed by atoms with Gasteiger partial charge in [-0.25, -0.2) is 4.79 Å². The summed E-state index contributed by atoms with van der Waals surface area (Å²) in [6.07, 6.45) is 1.95. The van der Waals surface area contributed by atoms with Crippen molar-refractivity contribution in [2.45, 2.75) is 31.7 Å². The van der Waals surface area contributed by atoms with E-state index >= 15 is 0 Å². The predicted octanol–water partition coefficient (Wildman–Crippen LogP) is 2.94. The zero-order chi connectivity index (χ0) is 23.6. The first kappa shape index (κ1) is 24.4. The van der Waals surface area contributed by atoms with Crippen LogP contribution in [0.3, 0.4) is 0 Å². The molecular formula is C25H27NO7. The van der Waals surface area contributed by atoms with Crippen molar-refractivity contribution in [2.75, 3.05) is 26.4 Å². The molecule has 0 aliphatic carbocycles. The molecule has 0 radical (unpaired) electrons. The number of unbranched alkanes of at least 4 members (excludes halogenated alkanes) is 1. The van der Waals surface area contributed by atoms with Gasteiger partial charge in [0.05, 0.1) is 30.4 Å². The van der Waals surface area contributed by atoms with Crippen molar-refractivity contribution in [1.29, 1.82) is 0 Å². The minimum absolute atomic E-state index is 0.0116. The van der Waals surface area contributed by atoms with Gasteiger partial charge in [0.1, 0.15) is 18.3 Å². The van der Waals surface area contributed by atoms with Crippen LogP contribution in [0.5, 0.6) is 5.75 Å². The maximum absolute atomic E-state index is 12.4. The third-order valence-electron chi connectivity index (χ3n) is 5.30. The fourth-order valence-corrected chi connectivity index (χ4v) is 3.74. The molecule has 0 aromatic heterocycles. The Balaban J connectivity index is 0.000000968. The van der Waals surface area contributed by atoms with Gasteiger partial charge in [0.25, 0.3) is 11.8 Å². The van der Waals surface area contributed by atoms with Gasteiger partial charge in [0, 0.05) is 12.1 Å². The maximum Gasteiger partial charge on any atom is 0.261 e. The van der Waals surface area contributed by atoms with Crippen molar-refractivity contribution < 1.29 is 33.7 Å². The topological polar surface area (TPSA) is 102 Å². The van der Waals surface area contributed by atoms with Crippen LogP contribution in [-0.4, -0.2) is 60.2 Å². The Labute approximate surface area is 192 Å². The lowest BCUT2D eigenvalue weighted by atomic mass is 10.1. The number of aliphatic hydroxyl groups is 1. The smallest absolute Gasteiger partial charge is 0.261 e. The lowest BCUT2D eigenvalue weighted by Gasteiger charge is -2.15. The van der Waals surface area contributed by atoms with Crippen LogP contribution in [0.15, 0.2) is 55.1 Å². The van der Waals surface area contributed by atoms with E-state index in [1.54, 1.807) is 24.3 Å². The molecule has 0 saturated carbocycles. The van der Waals surface area contributed by atoms with Gasteiger partial charge in [-0.05, 0) is 50.1 Å². The minimum atomic E-state index is -0.405. The summed E-state index contributed by atoms with van der Waals surface area (Å²) in [6.45, 7) is 3.85. The van der Waals surface area contributed by atoms with Crippen LogP contribution in [0.25, 0.3) is 0 Å². The predicted molar refractivity (Wildman–Crippen MR) is 120 cm³/mol. The summed E-state index contributed by atoms with van der Waals surface area (Å²) in [5.74, 6) is 1.53. The number of imide groups is 1. The van der Waals surface area contributed by atoms with Gasteiger partial charge >= 0.3 is 0 Å². The third kappa shape index (κ3) is 6.15. The molecule has 174 valence electrons. The highest BCUT2D eigenvalue weighted by Crippen LogP contribution is 2.30. The summed E-state index contributed by atoms with van der Waals surface area (Å²) >= 11 is 0. The Morgan fingerprint density at radius 1 is 1.06 bits per heavy atom.